The second kappa shape index (κ2) is 7.38. The first-order chi connectivity index (χ1) is 10.2. The Morgan fingerprint density at radius 3 is 2.57 bits per heavy atom. The first-order valence-corrected chi connectivity index (χ1v) is 6.74. The second-order valence-electron chi connectivity index (χ2n) is 4.77. The van der Waals surface area contributed by atoms with Crippen LogP contribution in [0.2, 0.25) is 0 Å². The quantitative estimate of drug-likeness (QED) is 0.850. The summed E-state index contributed by atoms with van der Waals surface area (Å²) in [4.78, 5) is 11.8. The highest BCUT2D eigenvalue weighted by molar-refractivity contribution is 5.77. The molecule has 0 aliphatic rings. The van der Waals surface area contributed by atoms with Crippen LogP contribution in [-0.2, 0) is 11.2 Å². The molecule has 5 nitrogen and oxygen atoms in total. The molecular weight excluding hydrogens is 270 g/mol. The zero-order valence-corrected chi connectivity index (χ0v) is 12.2. The Bertz CT molecular complexity index is 548. The number of nitrogens with one attached hydrogen (secondary N) is 1. The van der Waals surface area contributed by atoms with E-state index in [-0.39, 0.29) is 18.6 Å². The van der Waals surface area contributed by atoms with Gasteiger partial charge in [-0.25, -0.2) is 0 Å². The van der Waals surface area contributed by atoms with Crippen LogP contribution in [0, 0.1) is 0 Å². The molecule has 1 aromatic carbocycles. The van der Waals surface area contributed by atoms with Crippen molar-refractivity contribution in [2.75, 3.05) is 13.7 Å². The van der Waals surface area contributed by atoms with E-state index in [1.165, 1.54) is 0 Å². The number of hydrogen-bond acceptors (Lipinski definition) is 4. The predicted octanol–water partition coefficient (Wildman–Crippen LogP) is 2.41. The van der Waals surface area contributed by atoms with Crippen LogP contribution in [0.3, 0.4) is 0 Å². The van der Waals surface area contributed by atoms with Crippen molar-refractivity contribution in [3.63, 3.8) is 0 Å². The number of carbonyl (C=O) groups excluding carboxylic acids is 1. The average molecular weight is 289 g/mol. The molecule has 5 heteroatoms. The molecule has 1 heterocycles. The summed E-state index contributed by atoms with van der Waals surface area (Å²) in [6.07, 6.45) is 4.03. The summed E-state index contributed by atoms with van der Waals surface area (Å²) in [6, 6.07) is 9.01. The second-order valence-corrected chi connectivity index (χ2v) is 4.77. The molecule has 2 rings (SSSR count). The van der Waals surface area contributed by atoms with Gasteiger partial charge in [0.1, 0.15) is 11.5 Å². The van der Waals surface area contributed by atoms with Gasteiger partial charge in [0.15, 0.2) is 6.61 Å². The van der Waals surface area contributed by atoms with Crippen LogP contribution in [0.1, 0.15) is 12.5 Å². The third-order valence-electron chi connectivity index (χ3n) is 2.96. The molecule has 0 fully saturated rings. The molecule has 0 bridgehead atoms. The van der Waals surface area contributed by atoms with Crippen molar-refractivity contribution >= 4 is 5.91 Å². The molecule has 0 saturated carbocycles. The topological polar surface area (TPSA) is 60.7 Å². The van der Waals surface area contributed by atoms with Crippen molar-refractivity contribution in [3.8, 4) is 11.5 Å². The lowest BCUT2D eigenvalue weighted by atomic mass is 10.1. The van der Waals surface area contributed by atoms with Crippen molar-refractivity contribution in [2.45, 2.75) is 19.4 Å². The lowest BCUT2D eigenvalue weighted by molar-refractivity contribution is -0.123. The smallest absolute Gasteiger partial charge is 0.258 e. The molecule has 112 valence electrons. The fraction of sp³-hybridized carbons (Fsp3) is 0.312. The van der Waals surface area contributed by atoms with Gasteiger partial charge in [0.05, 0.1) is 19.6 Å². The minimum absolute atomic E-state index is 0.0118. The van der Waals surface area contributed by atoms with Crippen LogP contribution in [0.25, 0.3) is 0 Å². The van der Waals surface area contributed by atoms with Gasteiger partial charge in [0.2, 0.25) is 0 Å². The summed E-state index contributed by atoms with van der Waals surface area (Å²) in [5, 5.41) is 2.88. The number of furan rings is 1. The molecule has 0 aliphatic carbocycles. The summed E-state index contributed by atoms with van der Waals surface area (Å²) in [7, 11) is 1.60. The lowest BCUT2D eigenvalue weighted by Gasteiger charge is -2.13. The van der Waals surface area contributed by atoms with E-state index in [0.29, 0.717) is 5.75 Å². The maximum absolute atomic E-state index is 11.8. The van der Waals surface area contributed by atoms with Gasteiger partial charge < -0.3 is 19.2 Å². The number of hydrogen-bond donors (Lipinski definition) is 1. The van der Waals surface area contributed by atoms with Crippen molar-refractivity contribution < 1.29 is 18.7 Å². The molecular formula is C16H19NO4. The molecule has 2 aromatic rings. The standard InChI is InChI=1S/C16H19NO4/c1-12(9-13-7-8-20-10-13)17-16(18)11-21-15-5-3-14(19-2)4-6-15/h3-8,10,12H,9,11H2,1-2H3,(H,17,18). The molecule has 0 spiro atoms. The first kappa shape index (κ1) is 15.0. The molecule has 1 N–H and O–H groups in total. The van der Waals surface area contributed by atoms with E-state index >= 15 is 0 Å². The van der Waals surface area contributed by atoms with Gasteiger partial charge in [0, 0.05) is 6.04 Å². The maximum Gasteiger partial charge on any atom is 0.258 e. The monoisotopic (exact) mass is 289 g/mol. The Labute approximate surface area is 123 Å². The molecule has 1 atom stereocenters. The van der Waals surface area contributed by atoms with E-state index in [1.54, 1.807) is 43.9 Å². The van der Waals surface area contributed by atoms with Gasteiger partial charge in [-0.3, -0.25) is 4.79 Å². The maximum atomic E-state index is 11.8. The van der Waals surface area contributed by atoms with E-state index in [9.17, 15) is 4.79 Å². The molecule has 0 saturated heterocycles. The van der Waals surface area contributed by atoms with Crippen molar-refractivity contribution in [1.29, 1.82) is 0 Å². The van der Waals surface area contributed by atoms with Gasteiger partial charge in [-0.1, -0.05) is 0 Å². The summed E-state index contributed by atoms with van der Waals surface area (Å²) >= 11 is 0. The van der Waals surface area contributed by atoms with Gasteiger partial charge >= 0.3 is 0 Å². The molecule has 21 heavy (non-hydrogen) atoms. The SMILES string of the molecule is COc1ccc(OCC(=O)NC(C)Cc2ccoc2)cc1. The third kappa shape index (κ3) is 4.87. The van der Waals surface area contributed by atoms with Gasteiger partial charge in [0.25, 0.3) is 5.91 Å². The fourth-order valence-electron chi connectivity index (χ4n) is 1.95. The lowest BCUT2D eigenvalue weighted by Crippen LogP contribution is -2.37. The Morgan fingerprint density at radius 2 is 1.95 bits per heavy atom. The fourth-order valence-corrected chi connectivity index (χ4v) is 1.95. The molecule has 1 amide bonds. The Balaban J connectivity index is 1.73. The number of rotatable bonds is 7. The largest absolute Gasteiger partial charge is 0.497 e. The van der Waals surface area contributed by atoms with Crippen molar-refractivity contribution in [1.82, 2.24) is 5.32 Å². The highest BCUT2D eigenvalue weighted by Gasteiger charge is 2.09. The van der Waals surface area contributed by atoms with Gasteiger partial charge in [-0.15, -0.1) is 0 Å². The molecule has 0 aliphatic heterocycles. The van der Waals surface area contributed by atoms with Crippen LogP contribution in [0.15, 0.2) is 47.3 Å². The van der Waals surface area contributed by atoms with Crippen LogP contribution in [-0.4, -0.2) is 25.7 Å². The molecule has 0 radical (unpaired) electrons. The number of benzene rings is 1. The van der Waals surface area contributed by atoms with Gasteiger partial charge in [-0.05, 0) is 49.2 Å². The number of amides is 1. The van der Waals surface area contributed by atoms with E-state index in [4.69, 9.17) is 13.9 Å². The normalized spacial score (nSPS) is 11.7. The minimum atomic E-state index is -0.151. The van der Waals surface area contributed by atoms with E-state index in [0.717, 1.165) is 17.7 Å². The minimum Gasteiger partial charge on any atom is -0.497 e. The van der Waals surface area contributed by atoms with E-state index in [2.05, 4.69) is 5.32 Å². The van der Waals surface area contributed by atoms with Crippen molar-refractivity contribution in [3.05, 3.63) is 48.4 Å². The van der Waals surface area contributed by atoms with E-state index in [1.807, 2.05) is 13.0 Å². The average Bonchev–Trinajstić information content (AvgIpc) is 2.98. The summed E-state index contributed by atoms with van der Waals surface area (Å²) < 4.78 is 15.5. The zero-order chi connectivity index (χ0) is 15.1. The summed E-state index contributed by atoms with van der Waals surface area (Å²) in [5.41, 5.74) is 1.05. The van der Waals surface area contributed by atoms with Crippen LogP contribution in [0.4, 0.5) is 0 Å². The summed E-state index contributed by atoms with van der Waals surface area (Å²) in [6.45, 7) is 1.93. The van der Waals surface area contributed by atoms with Crippen LogP contribution < -0.4 is 14.8 Å². The highest BCUT2D eigenvalue weighted by atomic mass is 16.5. The van der Waals surface area contributed by atoms with Gasteiger partial charge in [-0.2, -0.15) is 0 Å². The first-order valence-electron chi connectivity index (χ1n) is 6.74. The number of methoxy groups -OCH3 is 1. The van der Waals surface area contributed by atoms with Crippen molar-refractivity contribution in [2.24, 2.45) is 0 Å². The Morgan fingerprint density at radius 1 is 1.24 bits per heavy atom. The zero-order valence-electron chi connectivity index (χ0n) is 12.2. The number of ether oxygens (including phenoxy) is 2. The van der Waals surface area contributed by atoms with E-state index < -0.39 is 0 Å². The Kier molecular flexibility index (Phi) is 5.26. The predicted molar refractivity (Wildman–Crippen MR) is 78.5 cm³/mol. The summed E-state index contributed by atoms with van der Waals surface area (Å²) in [5.74, 6) is 1.23. The molecule has 1 unspecified atom stereocenters. The third-order valence-corrected chi connectivity index (χ3v) is 2.96. The van der Waals surface area contributed by atoms with Crippen LogP contribution in [0.5, 0.6) is 11.5 Å². The molecule has 1 aromatic heterocycles. The Hall–Kier alpha value is -2.43. The number of carbonyl (C=O) groups is 1. The highest BCUT2D eigenvalue weighted by Crippen LogP contribution is 2.16. The van der Waals surface area contributed by atoms with Crippen LogP contribution >= 0.6 is 0 Å².